The van der Waals surface area contributed by atoms with Gasteiger partial charge in [0.05, 0.1) is 12.5 Å². The Bertz CT molecular complexity index is 330. The number of carboxylic acids is 1. The van der Waals surface area contributed by atoms with E-state index in [0.29, 0.717) is 38.5 Å². The number of hydrogen-bond acceptors (Lipinski definition) is 4. The minimum atomic E-state index is -0.736. The molecule has 1 heterocycles. The molecule has 0 aliphatic carbocycles. The van der Waals surface area contributed by atoms with Crippen LogP contribution in [0.5, 0.6) is 0 Å². The average Bonchev–Trinajstić information content (AvgIpc) is 2.44. The monoisotopic (exact) mass is 302 g/mol. The summed E-state index contributed by atoms with van der Waals surface area (Å²) in [6.07, 6.45) is 4.26. The van der Waals surface area contributed by atoms with Gasteiger partial charge >= 0.3 is 5.97 Å². The lowest BCUT2D eigenvalue weighted by Crippen LogP contribution is -2.46. The summed E-state index contributed by atoms with van der Waals surface area (Å²) >= 11 is 1.80. The van der Waals surface area contributed by atoms with Crippen LogP contribution in [0.4, 0.5) is 0 Å². The molecule has 20 heavy (non-hydrogen) atoms. The van der Waals surface area contributed by atoms with Crippen molar-refractivity contribution in [3.63, 3.8) is 0 Å². The summed E-state index contributed by atoms with van der Waals surface area (Å²) in [6, 6.07) is 0.422. The highest BCUT2D eigenvalue weighted by Gasteiger charge is 2.27. The molecular weight excluding hydrogens is 276 g/mol. The number of piperidine rings is 1. The van der Waals surface area contributed by atoms with Crippen molar-refractivity contribution in [1.82, 2.24) is 9.80 Å². The van der Waals surface area contributed by atoms with Crippen LogP contribution >= 0.6 is 11.8 Å². The Morgan fingerprint density at radius 3 is 2.45 bits per heavy atom. The zero-order valence-electron chi connectivity index (χ0n) is 12.7. The minimum absolute atomic E-state index is 0.121. The third-order valence-electron chi connectivity index (χ3n) is 4.04. The summed E-state index contributed by atoms with van der Waals surface area (Å²) in [5.41, 5.74) is 0. The number of carbonyl (C=O) groups excluding carboxylic acids is 1. The topological polar surface area (TPSA) is 60.9 Å². The smallest absolute Gasteiger partial charge is 0.306 e. The maximum absolute atomic E-state index is 12.2. The second-order valence-corrected chi connectivity index (χ2v) is 6.34. The molecule has 1 fully saturated rings. The zero-order chi connectivity index (χ0) is 15.1. The van der Waals surface area contributed by atoms with E-state index in [0.717, 1.165) is 12.2 Å². The van der Waals surface area contributed by atoms with Crippen LogP contribution < -0.4 is 0 Å². The summed E-state index contributed by atoms with van der Waals surface area (Å²) in [4.78, 5) is 27.1. The van der Waals surface area contributed by atoms with Crippen LogP contribution in [0.2, 0.25) is 0 Å². The van der Waals surface area contributed by atoms with Gasteiger partial charge in [0.25, 0.3) is 0 Å². The molecule has 1 N–H and O–H groups in total. The third kappa shape index (κ3) is 4.98. The third-order valence-corrected chi connectivity index (χ3v) is 4.75. The lowest BCUT2D eigenvalue weighted by Gasteiger charge is -2.33. The van der Waals surface area contributed by atoms with Gasteiger partial charge in [-0.2, -0.15) is 11.8 Å². The van der Waals surface area contributed by atoms with Crippen molar-refractivity contribution in [3.05, 3.63) is 0 Å². The number of aliphatic carboxylic acids is 1. The Morgan fingerprint density at radius 1 is 1.40 bits per heavy atom. The highest BCUT2D eigenvalue weighted by Crippen LogP contribution is 2.18. The SMILES string of the molecule is CCC(CSC)N(C)CC(=O)N1CCC(C(=O)O)CC1. The average molecular weight is 302 g/mol. The van der Waals surface area contributed by atoms with Crippen molar-refractivity contribution >= 4 is 23.6 Å². The second kappa shape index (κ2) is 8.52. The molecule has 0 aromatic carbocycles. The fourth-order valence-electron chi connectivity index (χ4n) is 2.57. The zero-order valence-corrected chi connectivity index (χ0v) is 13.5. The molecule has 1 unspecified atom stereocenters. The van der Waals surface area contributed by atoms with Crippen LogP contribution in [0.3, 0.4) is 0 Å². The normalized spacial score (nSPS) is 18.3. The number of likely N-dealkylation sites (N-methyl/N-ethyl adjacent to an activating group) is 1. The molecular formula is C14H26N2O3S. The molecule has 1 saturated heterocycles. The number of thioether (sulfide) groups is 1. The van der Waals surface area contributed by atoms with Gasteiger partial charge in [0.15, 0.2) is 0 Å². The number of likely N-dealkylation sites (tertiary alicyclic amines) is 1. The van der Waals surface area contributed by atoms with Crippen molar-refractivity contribution in [2.75, 3.05) is 38.7 Å². The van der Waals surface area contributed by atoms with Crippen LogP contribution in [0.25, 0.3) is 0 Å². The van der Waals surface area contributed by atoms with Crippen LogP contribution in [0.1, 0.15) is 26.2 Å². The predicted octanol–water partition coefficient (Wildman–Crippen LogP) is 1.38. The van der Waals surface area contributed by atoms with E-state index in [1.807, 2.05) is 11.9 Å². The van der Waals surface area contributed by atoms with Crippen molar-refractivity contribution in [2.24, 2.45) is 5.92 Å². The van der Waals surface area contributed by atoms with Crippen LogP contribution in [-0.4, -0.2) is 71.5 Å². The number of hydrogen-bond donors (Lipinski definition) is 1. The van der Waals surface area contributed by atoms with Gasteiger partial charge in [0, 0.05) is 24.9 Å². The van der Waals surface area contributed by atoms with E-state index in [9.17, 15) is 9.59 Å². The number of carbonyl (C=O) groups is 2. The highest BCUT2D eigenvalue weighted by atomic mass is 32.2. The lowest BCUT2D eigenvalue weighted by molar-refractivity contribution is -0.146. The van der Waals surface area contributed by atoms with Gasteiger partial charge in [-0.05, 0) is 32.6 Å². The van der Waals surface area contributed by atoms with Crippen LogP contribution in [0.15, 0.2) is 0 Å². The first-order valence-electron chi connectivity index (χ1n) is 7.19. The van der Waals surface area contributed by atoms with Gasteiger partial charge in [-0.15, -0.1) is 0 Å². The quantitative estimate of drug-likeness (QED) is 0.770. The number of rotatable bonds is 7. The van der Waals surface area contributed by atoms with Gasteiger partial charge in [0.1, 0.15) is 0 Å². The fourth-order valence-corrected chi connectivity index (χ4v) is 3.44. The first kappa shape index (κ1) is 17.3. The molecule has 0 aromatic heterocycles. The molecule has 0 bridgehead atoms. The van der Waals surface area contributed by atoms with E-state index in [2.05, 4.69) is 18.1 Å². The molecule has 1 amide bonds. The van der Waals surface area contributed by atoms with E-state index in [-0.39, 0.29) is 11.8 Å². The van der Waals surface area contributed by atoms with Gasteiger partial charge < -0.3 is 10.0 Å². The van der Waals surface area contributed by atoms with Crippen molar-refractivity contribution in [3.8, 4) is 0 Å². The molecule has 1 aliphatic heterocycles. The Morgan fingerprint density at radius 2 is 2.00 bits per heavy atom. The Balaban J connectivity index is 2.41. The summed E-state index contributed by atoms with van der Waals surface area (Å²) < 4.78 is 0. The van der Waals surface area contributed by atoms with Crippen LogP contribution in [-0.2, 0) is 9.59 Å². The van der Waals surface area contributed by atoms with Crippen molar-refractivity contribution in [2.45, 2.75) is 32.2 Å². The molecule has 0 saturated carbocycles. The predicted molar refractivity (Wildman–Crippen MR) is 82.0 cm³/mol. The van der Waals surface area contributed by atoms with Crippen molar-refractivity contribution < 1.29 is 14.7 Å². The molecule has 1 aliphatic rings. The molecule has 0 aromatic rings. The molecule has 1 atom stereocenters. The summed E-state index contributed by atoms with van der Waals surface area (Å²) in [5.74, 6) is 0.134. The summed E-state index contributed by atoms with van der Waals surface area (Å²) in [5, 5.41) is 8.96. The number of amides is 1. The van der Waals surface area contributed by atoms with E-state index in [4.69, 9.17) is 5.11 Å². The number of carboxylic acid groups (broad SMARTS) is 1. The van der Waals surface area contributed by atoms with E-state index in [1.165, 1.54) is 0 Å². The number of nitrogens with zero attached hydrogens (tertiary/aromatic N) is 2. The fraction of sp³-hybridized carbons (Fsp3) is 0.857. The molecule has 6 heteroatoms. The standard InChI is InChI=1S/C14H26N2O3S/c1-4-12(10-20-3)15(2)9-13(17)16-7-5-11(6-8-16)14(18)19/h11-12H,4-10H2,1-3H3,(H,18,19). The molecule has 116 valence electrons. The maximum atomic E-state index is 12.2. The van der Waals surface area contributed by atoms with Crippen LogP contribution in [0, 0.1) is 5.92 Å². The van der Waals surface area contributed by atoms with Gasteiger partial charge in [0.2, 0.25) is 5.91 Å². The Labute approximate surface area is 125 Å². The minimum Gasteiger partial charge on any atom is -0.481 e. The van der Waals surface area contributed by atoms with Gasteiger partial charge in [-0.1, -0.05) is 6.92 Å². The molecule has 5 nitrogen and oxygen atoms in total. The van der Waals surface area contributed by atoms with E-state index >= 15 is 0 Å². The Hall–Kier alpha value is -0.750. The van der Waals surface area contributed by atoms with E-state index in [1.54, 1.807) is 11.8 Å². The maximum Gasteiger partial charge on any atom is 0.306 e. The van der Waals surface area contributed by atoms with Gasteiger partial charge in [-0.3, -0.25) is 14.5 Å². The first-order valence-corrected chi connectivity index (χ1v) is 8.58. The summed E-state index contributed by atoms with van der Waals surface area (Å²) in [6.45, 7) is 3.71. The molecule has 1 rings (SSSR count). The van der Waals surface area contributed by atoms with Crippen molar-refractivity contribution in [1.29, 1.82) is 0 Å². The Kier molecular flexibility index (Phi) is 7.37. The molecule has 0 radical (unpaired) electrons. The van der Waals surface area contributed by atoms with Gasteiger partial charge in [-0.25, -0.2) is 0 Å². The van der Waals surface area contributed by atoms with E-state index < -0.39 is 5.97 Å². The lowest BCUT2D eigenvalue weighted by atomic mass is 9.97. The summed E-state index contributed by atoms with van der Waals surface area (Å²) in [7, 11) is 1.99. The second-order valence-electron chi connectivity index (χ2n) is 5.43. The largest absolute Gasteiger partial charge is 0.481 e. The first-order chi connectivity index (χ1) is 9.49. The highest BCUT2D eigenvalue weighted by molar-refractivity contribution is 7.98. The molecule has 0 spiro atoms.